The minimum Gasteiger partial charge on any atom is -0.378 e. The zero-order valence-electron chi connectivity index (χ0n) is 16.9. The van der Waals surface area contributed by atoms with Gasteiger partial charge in [0.05, 0.1) is 13.2 Å². The monoisotopic (exact) mass is 421 g/mol. The van der Waals surface area contributed by atoms with Crippen LogP contribution in [-0.2, 0) is 20.9 Å². The van der Waals surface area contributed by atoms with Crippen LogP contribution in [0.15, 0.2) is 30.3 Å². The van der Waals surface area contributed by atoms with Crippen molar-refractivity contribution >= 4 is 24.2 Å². The molecule has 2 amide bonds. The number of ether oxygens (including phenoxy) is 1. The molecule has 6 nitrogen and oxygen atoms in total. The molecule has 1 aromatic carbocycles. The molecule has 0 aromatic heterocycles. The first kappa shape index (κ1) is 22.1. The number of rotatable bonds is 6. The molecule has 1 aromatic rings. The molecule has 7 heteroatoms. The summed E-state index contributed by atoms with van der Waals surface area (Å²) in [6, 6.07) is 10.8. The maximum absolute atomic E-state index is 13.2. The van der Waals surface area contributed by atoms with Gasteiger partial charge in [0.1, 0.15) is 0 Å². The molecule has 1 unspecified atom stereocenters. The lowest BCUT2D eigenvalue weighted by Gasteiger charge is -2.35. The third-order valence-electron chi connectivity index (χ3n) is 6.08. The second-order valence-electron chi connectivity index (χ2n) is 8.27. The molecule has 2 saturated heterocycles. The summed E-state index contributed by atoms with van der Waals surface area (Å²) < 4.78 is 5.44. The Kier molecular flexibility index (Phi) is 7.92. The third kappa shape index (κ3) is 5.93. The van der Waals surface area contributed by atoms with E-state index in [9.17, 15) is 9.59 Å². The fourth-order valence-electron chi connectivity index (χ4n) is 4.25. The maximum atomic E-state index is 13.2. The second kappa shape index (κ2) is 10.4. The van der Waals surface area contributed by atoms with Crippen molar-refractivity contribution in [3.63, 3.8) is 0 Å². The molecule has 1 N–H and O–H groups in total. The number of hydrogen-bond acceptors (Lipinski definition) is 4. The van der Waals surface area contributed by atoms with Gasteiger partial charge in [0.25, 0.3) is 0 Å². The van der Waals surface area contributed by atoms with E-state index in [0.717, 1.165) is 38.8 Å². The lowest BCUT2D eigenvalue weighted by molar-refractivity contribution is -0.142. The zero-order valence-corrected chi connectivity index (χ0v) is 17.7. The fourth-order valence-corrected chi connectivity index (χ4v) is 4.25. The molecule has 0 bridgehead atoms. The van der Waals surface area contributed by atoms with E-state index in [0.29, 0.717) is 38.7 Å². The number of hydrogen-bond donors (Lipinski definition) is 1. The zero-order chi connectivity index (χ0) is 19.3. The number of halogens is 1. The largest absolute Gasteiger partial charge is 0.378 e. The normalized spacial score (nSPS) is 22.6. The lowest BCUT2D eigenvalue weighted by Crippen LogP contribution is -2.48. The number of carbonyl (C=O) groups excluding carboxylic acids is 2. The van der Waals surface area contributed by atoms with Crippen molar-refractivity contribution in [3.8, 4) is 0 Å². The third-order valence-corrected chi connectivity index (χ3v) is 6.08. The molecule has 0 spiro atoms. The summed E-state index contributed by atoms with van der Waals surface area (Å²) in [6.07, 6.45) is 4.27. The van der Waals surface area contributed by atoms with Gasteiger partial charge in [-0.2, -0.15) is 0 Å². The van der Waals surface area contributed by atoms with Gasteiger partial charge in [-0.25, -0.2) is 0 Å². The molecule has 2 heterocycles. The summed E-state index contributed by atoms with van der Waals surface area (Å²) in [4.78, 5) is 29.8. The Bertz CT molecular complexity index is 669. The molecule has 1 aliphatic carbocycles. The van der Waals surface area contributed by atoms with Crippen LogP contribution in [0.25, 0.3) is 0 Å². The van der Waals surface area contributed by atoms with Gasteiger partial charge in [-0.05, 0) is 31.2 Å². The van der Waals surface area contributed by atoms with Crippen LogP contribution in [0.3, 0.4) is 0 Å². The summed E-state index contributed by atoms with van der Waals surface area (Å²) in [7, 11) is 0. The summed E-state index contributed by atoms with van der Waals surface area (Å²) in [5.74, 6) is 0.502. The van der Waals surface area contributed by atoms with E-state index in [1.54, 1.807) is 0 Å². The number of piperidine rings is 1. The summed E-state index contributed by atoms with van der Waals surface area (Å²) in [6.45, 7) is 4.22. The first-order valence-electron chi connectivity index (χ1n) is 10.6. The van der Waals surface area contributed by atoms with E-state index in [1.807, 2.05) is 23.1 Å². The van der Waals surface area contributed by atoms with E-state index >= 15 is 0 Å². The summed E-state index contributed by atoms with van der Waals surface area (Å²) in [5.41, 5.74) is 1.19. The van der Waals surface area contributed by atoms with Crippen LogP contribution in [-0.4, -0.2) is 66.5 Å². The molecule has 0 radical (unpaired) electrons. The van der Waals surface area contributed by atoms with Crippen LogP contribution in [0.1, 0.15) is 37.7 Å². The average Bonchev–Trinajstić information content (AvgIpc) is 3.58. The Morgan fingerprint density at radius 1 is 1.10 bits per heavy atom. The van der Waals surface area contributed by atoms with Crippen LogP contribution < -0.4 is 5.32 Å². The van der Waals surface area contributed by atoms with E-state index in [4.69, 9.17) is 4.74 Å². The number of nitrogens with one attached hydrogen (secondary N) is 1. The van der Waals surface area contributed by atoms with Gasteiger partial charge in [-0.15, -0.1) is 12.4 Å². The number of likely N-dealkylation sites (tertiary alicyclic amines) is 1. The SMILES string of the molecule is Cl.O=C(CC1COCCN1)N1CCC(C(=O)N(Cc2ccccc2)C2CC2)CC1. The van der Waals surface area contributed by atoms with Crippen molar-refractivity contribution in [2.75, 3.05) is 32.8 Å². The van der Waals surface area contributed by atoms with Gasteiger partial charge in [-0.1, -0.05) is 30.3 Å². The Labute approximate surface area is 179 Å². The van der Waals surface area contributed by atoms with Crippen molar-refractivity contribution in [2.45, 2.75) is 50.7 Å². The first-order chi connectivity index (χ1) is 13.7. The fraction of sp³-hybridized carbons (Fsp3) is 0.636. The molecule has 3 aliphatic rings. The van der Waals surface area contributed by atoms with Crippen LogP contribution >= 0.6 is 12.4 Å². The van der Waals surface area contributed by atoms with Gasteiger partial charge in [0, 0.05) is 50.6 Å². The Morgan fingerprint density at radius 2 is 1.83 bits per heavy atom. The summed E-state index contributed by atoms with van der Waals surface area (Å²) >= 11 is 0. The highest BCUT2D eigenvalue weighted by molar-refractivity contribution is 5.85. The van der Waals surface area contributed by atoms with Crippen molar-refractivity contribution in [3.05, 3.63) is 35.9 Å². The highest BCUT2D eigenvalue weighted by Gasteiger charge is 2.37. The van der Waals surface area contributed by atoms with Gasteiger partial charge >= 0.3 is 0 Å². The van der Waals surface area contributed by atoms with Crippen molar-refractivity contribution in [2.24, 2.45) is 5.92 Å². The average molecular weight is 422 g/mol. The van der Waals surface area contributed by atoms with Crippen LogP contribution in [0.2, 0.25) is 0 Å². The maximum Gasteiger partial charge on any atom is 0.226 e. The number of morpholine rings is 1. The van der Waals surface area contributed by atoms with Crippen molar-refractivity contribution in [1.82, 2.24) is 15.1 Å². The van der Waals surface area contributed by atoms with Crippen LogP contribution in [0, 0.1) is 5.92 Å². The predicted octanol–water partition coefficient (Wildman–Crippen LogP) is 2.22. The van der Waals surface area contributed by atoms with Gasteiger partial charge in [0.2, 0.25) is 11.8 Å². The molecule has 160 valence electrons. The smallest absolute Gasteiger partial charge is 0.226 e. The molecule has 4 rings (SSSR count). The predicted molar refractivity (Wildman–Crippen MR) is 114 cm³/mol. The van der Waals surface area contributed by atoms with E-state index in [1.165, 1.54) is 5.56 Å². The number of nitrogens with zero attached hydrogens (tertiary/aromatic N) is 2. The van der Waals surface area contributed by atoms with Gasteiger partial charge in [0.15, 0.2) is 0 Å². The van der Waals surface area contributed by atoms with Crippen molar-refractivity contribution < 1.29 is 14.3 Å². The highest BCUT2D eigenvalue weighted by Crippen LogP contribution is 2.32. The molecular formula is C22H32ClN3O3. The molecule has 1 saturated carbocycles. The molecule has 3 fully saturated rings. The lowest BCUT2D eigenvalue weighted by atomic mass is 9.94. The molecular weight excluding hydrogens is 390 g/mol. The minimum absolute atomic E-state index is 0. The molecule has 29 heavy (non-hydrogen) atoms. The van der Waals surface area contributed by atoms with Crippen molar-refractivity contribution in [1.29, 1.82) is 0 Å². The van der Waals surface area contributed by atoms with E-state index in [-0.39, 0.29) is 36.2 Å². The van der Waals surface area contributed by atoms with Gasteiger partial charge < -0.3 is 19.9 Å². The topological polar surface area (TPSA) is 61.9 Å². The second-order valence-corrected chi connectivity index (χ2v) is 8.27. The Balaban J connectivity index is 0.00000240. The van der Waals surface area contributed by atoms with E-state index < -0.39 is 0 Å². The molecule has 2 aliphatic heterocycles. The van der Waals surface area contributed by atoms with Gasteiger partial charge in [-0.3, -0.25) is 9.59 Å². The molecule has 1 atom stereocenters. The van der Waals surface area contributed by atoms with E-state index in [2.05, 4.69) is 22.3 Å². The first-order valence-corrected chi connectivity index (χ1v) is 10.6. The standard InChI is InChI=1S/C22H31N3O3.ClH/c26-21(14-19-16-28-13-10-23-19)24-11-8-18(9-12-24)22(27)25(20-6-7-20)15-17-4-2-1-3-5-17;/h1-5,18-20,23H,6-16H2;1H. The number of amides is 2. The highest BCUT2D eigenvalue weighted by atomic mass is 35.5. The minimum atomic E-state index is 0. The Hall–Kier alpha value is -1.63. The quantitative estimate of drug-likeness (QED) is 0.765. The van der Waals surface area contributed by atoms with Crippen LogP contribution in [0.4, 0.5) is 0 Å². The summed E-state index contributed by atoms with van der Waals surface area (Å²) in [5, 5.41) is 3.34. The Morgan fingerprint density at radius 3 is 2.45 bits per heavy atom. The van der Waals surface area contributed by atoms with Crippen LogP contribution in [0.5, 0.6) is 0 Å². The number of benzene rings is 1. The number of carbonyl (C=O) groups is 2.